The molecule has 4 rings (SSSR count). The first-order valence-electron chi connectivity index (χ1n) is 12.7. The van der Waals surface area contributed by atoms with E-state index in [2.05, 4.69) is 10.2 Å². The average molecular weight is 541 g/mol. The van der Waals surface area contributed by atoms with E-state index in [1.54, 1.807) is 43.1 Å². The molecular formula is C28H33FN4O6. The predicted octanol–water partition coefficient (Wildman–Crippen LogP) is 2.81. The van der Waals surface area contributed by atoms with Crippen LogP contribution in [0.4, 0.5) is 9.18 Å². The number of likely N-dealkylation sites (N-methyl/N-ethyl adjacent to an activating group) is 1. The zero-order valence-corrected chi connectivity index (χ0v) is 22.5. The number of nitrogens with one attached hydrogen (secondary N) is 1. The molecule has 0 saturated carbocycles. The van der Waals surface area contributed by atoms with Crippen LogP contribution < -0.4 is 14.8 Å². The molecule has 3 amide bonds. The number of ether oxygens (including phenoxy) is 3. The van der Waals surface area contributed by atoms with Gasteiger partial charge < -0.3 is 24.4 Å². The normalized spacial score (nSPS) is 18.1. The third-order valence-electron chi connectivity index (χ3n) is 6.92. The van der Waals surface area contributed by atoms with Crippen LogP contribution in [0.15, 0.2) is 53.7 Å². The molecule has 1 fully saturated rings. The van der Waals surface area contributed by atoms with Crippen molar-refractivity contribution in [3.05, 3.63) is 70.7 Å². The van der Waals surface area contributed by atoms with E-state index in [-0.39, 0.29) is 25.1 Å². The minimum absolute atomic E-state index is 0.163. The molecule has 0 spiro atoms. The van der Waals surface area contributed by atoms with Gasteiger partial charge in [-0.05, 0) is 31.2 Å². The fourth-order valence-electron chi connectivity index (χ4n) is 4.90. The van der Waals surface area contributed by atoms with Crippen molar-refractivity contribution >= 4 is 17.9 Å². The van der Waals surface area contributed by atoms with Crippen LogP contribution in [0.2, 0.25) is 0 Å². The molecule has 11 heteroatoms. The summed E-state index contributed by atoms with van der Waals surface area (Å²) in [6, 6.07) is 9.69. The van der Waals surface area contributed by atoms with Gasteiger partial charge >= 0.3 is 12.0 Å². The van der Waals surface area contributed by atoms with Gasteiger partial charge in [-0.3, -0.25) is 14.6 Å². The van der Waals surface area contributed by atoms with E-state index in [1.165, 1.54) is 37.3 Å². The summed E-state index contributed by atoms with van der Waals surface area (Å²) >= 11 is 0. The Morgan fingerprint density at radius 1 is 1.05 bits per heavy atom. The highest BCUT2D eigenvalue weighted by atomic mass is 19.1. The number of carbonyl (C=O) groups excluding carboxylic acids is 3. The van der Waals surface area contributed by atoms with Gasteiger partial charge in [0.05, 0.1) is 32.4 Å². The summed E-state index contributed by atoms with van der Waals surface area (Å²) in [6.45, 7) is 4.01. The van der Waals surface area contributed by atoms with E-state index in [0.717, 1.165) is 0 Å². The van der Waals surface area contributed by atoms with Crippen LogP contribution in [0.3, 0.4) is 0 Å². The standard InChI is InChI=1S/C28H33FN4O6/c1-5-39-27(35)23-21(17-32-12-14-33(15-13-32)26(34)18-8-6-9-19(29)16-18)31(2)28(36)30-24(23)20-10-7-11-22(37-3)25(20)38-4/h6-11,16,24H,5,12-15,17H2,1-4H3,(H,30,36). The molecular weight excluding hydrogens is 507 g/mol. The van der Waals surface area contributed by atoms with Crippen molar-refractivity contribution in [1.29, 1.82) is 0 Å². The van der Waals surface area contributed by atoms with Gasteiger partial charge in [-0.1, -0.05) is 18.2 Å². The number of piperazine rings is 1. The predicted molar refractivity (Wildman–Crippen MR) is 141 cm³/mol. The van der Waals surface area contributed by atoms with Crippen molar-refractivity contribution in [3.63, 3.8) is 0 Å². The van der Waals surface area contributed by atoms with Crippen molar-refractivity contribution in [2.24, 2.45) is 0 Å². The lowest BCUT2D eigenvalue weighted by Gasteiger charge is -2.39. The second-order valence-corrected chi connectivity index (χ2v) is 9.18. The van der Waals surface area contributed by atoms with Gasteiger partial charge in [-0.15, -0.1) is 0 Å². The quantitative estimate of drug-likeness (QED) is 0.514. The molecule has 2 aliphatic rings. The monoisotopic (exact) mass is 540 g/mol. The first kappa shape index (κ1) is 27.9. The van der Waals surface area contributed by atoms with E-state index >= 15 is 0 Å². The lowest BCUT2D eigenvalue weighted by Crippen LogP contribution is -2.53. The zero-order chi connectivity index (χ0) is 28.1. The second-order valence-electron chi connectivity index (χ2n) is 9.18. The Hall–Kier alpha value is -4.12. The fraction of sp³-hybridized carbons (Fsp3) is 0.393. The maximum absolute atomic E-state index is 13.6. The highest BCUT2D eigenvalue weighted by Crippen LogP contribution is 2.40. The van der Waals surface area contributed by atoms with Gasteiger partial charge in [0.25, 0.3) is 5.91 Å². The summed E-state index contributed by atoms with van der Waals surface area (Å²) in [5, 5.41) is 2.90. The third kappa shape index (κ3) is 5.83. The van der Waals surface area contributed by atoms with Crippen molar-refractivity contribution in [2.75, 3.05) is 60.6 Å². The Balaban J connectivity index is 1.63. The molecule has 0 aliphatic carbocycles. The van der Waals surface area contributed by atoms with Crippen LogP contribution in [0.25, 0.3) is 0 Å². The van der Waals surface area contributed by atoms with Crippen LogP contribution >= 0.6 is 0 Å². The Morgan fingerprint density at radius 2 is 1.77 bits per heavy atom. The molecule has 2 aromatic rings. The molecule has 0 bridgehead atoms. The van der Waals surface area contributed by atoms with E-state index in [0.29, 0.717) is 60.1 Å². The lowest BCUT2D eigenvalue weighted by atomic mass is 9.93. The number of carbonyl (C=O) groups is 3. The van der Waals surface area contributed by atoms with E-state index < -0.39 is 17.8 Å². The Bertz CT molecular complexity index is 1270. The fourth-order valence-corrected chi connectivity index (χ4v) is 4.90. The van der Waals surface area contributed by atoms with Gasteiger partial charge in [-0.25, -0.2) is 14.0 Å². The van der Waals surface area contributed by atoms with Crippen LogP contribution in [0, 0.1) is 5.82 Å². The number of halogens is 1. The van der Waals surface area contributed by atoms with Gasteiger partial charge in [0.2, 0.25) is 0 Å². The van der Waals surface area contributed by atoms with Crippen LogP contribution in [0.5, 0.6) is 11.5 Å². The molecule has 0 aromatic heterocycles. The highest BCUT2D eigenvalue weighted by molar-refractivity contribution is 5.96. The Morgan fingerprint density at radius 3 is 2.41 bits per heavy atom. The SMILES string of the molecule is CCOC(=O)C1=C(CN2CCN(C(=O)c3cccc(F)c3)CC2)N(C)C(=O)NC1c1cccc(OC)c1OC. The van der Waals surface area contributed by atoms with Crippen molar-refractivity contribution < 1.29 is 33.0 Å². The molecule has 2 aliphatic heterocycles. The average Bonchev–Trinajstić information content (AvgIpc) is 2.94. The smallest absolute Gasteiger partial charge is 0.338 e. The first-order chi connectivity index (χ1) is 18.8. The summed E-state index contributed by atoms with van der Waals surface area (Å²) in [5.74, 6) is -0.375. The third-order valence-corrected chi connectivity index (χ3v) is 6.92. The number of hydrogen-bond donors (Lipinski definition) is 1. The maximum Gasteiger partial charge on any atom is 0.338 e. The lowest BCUT2D eigenvalue weighted by molar-refractivity contribution is -0.139. The summed E-state index contributed by atoms with van der Waals surface area (Å²) in [4.78, 5) is 44.4. The number of amides is 3. The van der Waals surface area contributed by atoms with Gasteiger partial charge in [0.15, 0.2) is 11.5 Å². The summed E-state index contributed by atoms with van der Waals surface area (Å²) in [6.07, 6.45) is 0. The zero-order valence-electron chi connectivity index (χ0n) is 22.5. The number of rotatable bonds is 8. The Kier molecular flexibility index (Phi) is 8.70. The molecule has 10 nitrogen and oxygen atoms in total. The van der Waals surface area contributed by atoms with Crippen LogP contribution in [-0.2, 0) is 9.53 Å². The summed E-state index contributed by atoms with van der Waals surface area (Å²) < 4.78 is 30.1. The molecule has 1 atom stereocenters. The summed E-state index contributed by atoms with van der Waals surface area (Å²) in [5.41, 5.74) is 1.65. The van der Waals surface area contributed by atoms with Crippen LogP contribution in [0.1, 0.15) is 28.9 Å². The molecule has 208 valence electrons. The van der Waals surface area contributed by atoms with E-state index in [4.69, 9.17) is 14.2 Å². The molecule has 1 saturated heterocycles. The maximum atomic E-state index is 13.6. The van der Waals surface area contributed by atoms with Gasteiger partial charge in [0.1, 0.15) is 5.82 Å². The topological polar surface area (TPSA) is 101 Å². The van der Waals surface area contributed by atoms with E-state index in [9.17, 15) is 18.8 Å². The first-order valence-corrected chi connectivity index (χ1v) is 12.7. The number of esters is 1. The van der Waals surface area contributed by atoms with Gasteiger partial charge in [-0.2, -0.15) is 0 Å². The van der Waals surface area contributed by atoms with Crippen LogP contribution in [-0.4, -0.2) is 93.2 Å². The Labute approximate surface area is 226 Å². The van der Waals surface area contributed by atoms with E-state index in [1.807, 2.05) is 0 Å². The number of urea groups is 1. The molecule has 2 aromatic carbocycles. The van der Waals surface area contributed by atoms with Crippen molar-refractivity contribution in [2.45, 2.75) is 13.0 Å². The van der Waals surface area contributed by atoms with Gasteiger partial charge in [0, 0.05) is 56.6 Å². The number of benzene rings is 2. The number of para-hydroxylation sites is 1. The number of methoxy groups -OCH3 is 2. The largest absolute Gasteiger partial charge is 0.493 e. The molecule has 39 heavy (non-hydrogen) atoms. The molecule has 1 unspecified atom stereocenters. The molecule has 1 N–H and O–H groups in total. The molecule has 0 radical (unpaired) electrons. The van der Waals surface area contributed by atoms with Crippen molar-refractivity contribution in [3.8, 4) is 11.5 Å². The number of nitrogens with zero attached hydrogens (tertiary/aromatic N) is 3. The minimum Gasteiger partial charge on any atom is -0.493 e. The van der Waals surface area contributed by atoms with Crippen molar-refractivity contribution in [1.82, 2.24) is 20.0 Å². The molecule has 2 heterocycles. The number of hydrogen-bond acceptors (Lipinski definition) is 7. The second kappa shape index (κ2) is 12.2. The minimum atomic E-state index is -0.830. The summed E-state index contributed by atoms with van der Waals surface area (Å²) in [7, 11) is 4.62. The highest BCUT2D eigenvalue weighted by Gasteiger charge is 2.39.